The van der Waals surface area contributed by atoms with Gasteiger partial charge in [-0.2, -0.15) is 10.2 Å². The first-order valence-electron chi connectivity index (χ1n) is 6.57. The lowest BCUT2D eigenvalue weighted by atomic mass is 10.3. The van der Waals surface area contributed by atoms with Gasteiger partial charge in [0.05, 0.1) is 0 Å². The largest absolute Gasteiger partial charge is 0.267 e. The summed E-state index contributed by atoms with van der Waals surface area (Å²) in [5, 5.41) is 9.09. The molecule has 2 heterocycles. The fraction of sp³-hybridized carbons (Fsp3) is 0.615. The molecule has 0 saturated carbocycles. The van der Waals surface area contributed by atoms with Crippen LogP contribution in [0.4, 0.5) is 0 Å². The second kappa shape index (κ2) is 4.92. The van der Waals surface area contributed by atoms with E-state index in [1.54, 1.807) is 0 Å². The Bertz CT molecular complexity index is 536. The monoisotopic (exact) mass is 247 g/mol. The highest BCUT2D eigenvalue weighted by atomic mass is 15.4. The van der Waals surface area contributed by atoms with Crippen molar-refractivity contribution in [3.8, 4) is 11.5 Å². The Balaban J connectivity index is 2.47. The number of aryl methyl sites for hydroxylation is 3. The van der Waals surface area contributed by atoms with Gasteiger partial charge in [-0.05, 0) is 33.8 Å². The lowest BCUT2D eigenvalue weighted by Crippen LogP contribution is -2.05. The summed E-state index contributed by atoms with van der Waals surface area (Å²) < 4.78 is 3.95. The van der Waals surface area contributed by atoms with Crippen molar-refractivity contribution in [2.45, 2.75) is 53.6 Å². The maximum atomic E-state index is 4.63. The van der Waals surface area contributed by atoms with Crippen LogP contribution in [-0.4, -0.2) is 24.5 Å². The fourth-order valence-electron chi connectivity index (χ4n) is 2.07. The van der Waals surface area contributed by atoms with Crippen LogP contribution in [0.25, 0.3) is 11.5 Å². The minimum Gasteiger partial charge on any atom is -0.267 e. The summed E-state index contributed by atoms with van der Waals surface area (Å²) in [6.45, 7) is 11.3. The number of nitrogens with zero attached hydrogens (tertiary/aromatic N) is 5. The van der Waals surface area contributed by atoms with Crippen LogP contribution in [0.15, 0.2) is 6.07 Å². The molecule has 0 bridgehead atoms. The molecular formula is C13H21N5. The molecule has 0 saturated heterocycles. The molecule has 0 aliphatic rings. The van der Waals surface area contributed by atoms with Gasteiger partial charge in [0.15, 0.2) is 11.6 Å². The van der Waals surface area contributed by atoms with Crippen LogP contribution in [0.1, 0.15) is 45.3 Å². The van der Waals surface area contributed by atoms with Crippen LogP contribution in [0.2, 0.25) is 0 Å². The molecule has 2 rings (SSSR count). The third-order valence-corrected chi connectivity index (χ3v) is 2.97. The average molecular weight is 247 g/mol. The fourth-order valence-corrected chi connectivity index (χ4v) is 2.07. The zero-order valence-corrected chi connectivity index (χ0v) is 11.8. The Morgan fingerprint density at radius 1 is 1.22 bits per heavy atom. The Kier molecular flexibility index (Phi) is 3.50. The molecule has 0 aliphatic heterocycles. The Morgan fingerprint density at radius 2 is 1.94 bits per heavy atom. The molecule has 18 heavy (non-hydrogen) atoms. The number of hydrogen-bond acceptors (Lipinski definition) is 3. The van der Waals surface area contributed by atoms with Crippen molar-refractivity contribution in [3.63, 3.8) is 0 Å². The van der Waals surface area contributed by atoms with E-state index in [-0.39, 0.29) is 0 Å². The maximum absolute atomic E-state index is 4.63. The molecule has 0 atom stereocenters. The van der Waals surface area contributed by atoms with Crippen LogP contribution >= 0.6 is 0 Å². The minimum atomic E-state index is 0.363. The molecule has 5 heteroatoms. The van der Waals surface area contributed by atoms with E-state index in [9.17, 15) is 0 Å². The molecular weight excluding hydrogens is 226 g/mol. The molecule has 0 unspecified atom stereocenters. The summed E-state index contributed by atoms with van der Waals surface area (Å²) in [5.74, 6) is 1.75. The maximum Gasteiger partial charge on any atom is 0.178 e. The molecule has 0 N–H and O–H groups in total. The van der Waals surface area contributed by atoms with E-state index in [4.69, 9.17) is 0 Å². The topological polar surface area (TPSA) is 48.5 Å². The van der Waals surface area contributed by atoms with Crippen molar-refractivity contribution < 1.29 is 0 Å². The first-order chi connectivity index (χ1) is 8.56. The molecule has 2 aromatic rings. The number of rotatable bonds is 4. The average Bonchev–Trinajstić information content (AvgIpc) is 2.91. The quantitative estimate of drug-likeness (QED) is 0.834. The number of hydrogen-bond donors (Lipinski definition) is 0. The summed E-state index contributed by atoms with van der Waals surface area (Å²) in [6, 6.07) is 2.44. The lowest BCUT2D eigenvalue weighted by molar-refractivity contribution is 0.519. The van der Waals surface area contributed by atoms with E-state index < -0.39 is 0 Å². The summed E-state index contributed by atoms with van der Waals surface area (Å²) in [6.07, 6.45) is 0.851. The van der Waals surface area contributed by atoms with Crippen LogP contribution in [-0.2, 0) is 13.0 Å². The van der Waals surface area contributed by atoms with Gasteiger partial charge in [0, 0.05) is 24.7 Å². The van der Waals surface area contributed by atoms with Crippen molar-refractivity contribution in [2.75, 3.05) is 0 Å². The zero-order chi connectivity index (χ0) is 13.3. The van der Waals surface area contributed by atoms with Gasteiger partial charge in [0.25, 0.3) is 0 Å². The van der Waals surface area contributed by atoms with Crippen LogP contribution in [0, 0.1) is 6.92 Å². The van der Waals surface area contributed by atoms with E-state index in [1.807, 2.05) is 9.36 Å². The first-order valence-corrected chi connectivity index (χ1v) is 6.57. The van der Waals surface area contributed by atoms with Crippen molar-refractivity contribution in [1.82, 2.24) is 24.5 Å². The number of aromatic nitrogens is 5. The second-order valence-corrected chi connectivity index (χ2v) is 4.73. The van der Waals surface area contributed by atoms with Gasteiger partial charge in [-0.1, -0.05) is 6.92 Å². The van der Waals surface area contributed by atoms with Crippen molar-refractivity contribution in [3.05, 3.63) is 17.6 Å². The van der Waals surface area contributed by atoms with E-state index in [2.05, 4.69) is 55.9 Å². The van der Waals surface area contributed by atoms with Gasteiger partial charge in [0.1, 0.15) is 5.69 Å². The van der Waals surface area contributed by atoms with Gasteiger partial charge in [-0.3, -0.25) is 4.68 Å². The standard InChI is InChI=1S/C13H21N5/c1-6-12-14-13(17(7-2)16-12)11-8-10(5)18(15-11)9(3)4/h8-9H,6-7H2,1-5H3. The van der Waals surface area contributed by atoms with Gasteiger partial charge in [-0.25, -0.2) is 9.67 Å². The molecule has 98 valence electrons. The summed E-state index contributed by atoms with van der Waals surface area (Å²) >= 11 is 0. The third-order valence-electron chi connectivity index (χ3n) is 2.97. The Morgan fingerprint density at radius 3 is 2.44 bits per heavy atom. The van der Waals surface area contributed by atoms with Crippen LogP contribution in [0.3, 0.4) is 0 Å². The van der Waals surface area contributed by atoms with Gasteiger partial charge in [-0.15, -0.1) is 0 Å². The molecule has 0 spiro atoms. The van der Waals surface area contributed by atoms with E-state index in [1.165, 1.54) is 0 Å². The van der Waals surface area contributed by atoms with E-state index in [0.29, 0.717) is 6.04 Å². The van der Waals surface area contributed by atoms with Crippen LogP contribution < -0.4 is 0 Å². The molecule has 0 aromatic carbocycles. The van der Waals surface area contributed by atoms with Crippen molar-refractivity contribution in [2.24, 2.45) is 0 Å². The third kappa shape index (κ3) is 2.17. The zero-order valence-electron chi connectivity index (χ0n) is 11.8. The highest BCUT2D eigenvalue weighted by molar-refractivity contribution is 5.50. The van der Waals surface area contributed by atoms with Gasteiger partial charge in [0.2, 0.25) is 0 Å². The summed E-state index contributed by atoms with van der Waals surface area (Å²) in [4.78, 5) is 4.56. The van der Waals surface area contributed by atoms with Crippen LogP contribution in [0.5, 0.6) is 0 Å². The predicted octanol–water partition coefficient (Wildman–Crippen LogP) is 2.61. The second-order valence-electron chi connectivity index (χ2n) is 4.73. The molecule has 0 radical (unpaired) electrons. The normalized spacial score (nSPS) is 11.4. The first kappa shape index (κ1) is 12.8. The Hall–Kier alpha value is -1.65. The molecule has 0 fully saturated rings. The predicted molar refractivity (Wildman–Crippen MR) is 71.4 cm³/mol. The molecule has 2 aromatic heterocycles. The minimum absolute atomic E-state index is 0.363. The van der Waals surface area contributed by atoms with Crippen molar-refractivity contribution in [1.29, 1.82) is 0 Å². The lowest BCUT2D eigenvalue weighted by Gasteiger charge is -2.06. The summed E-state index contributed by atoms with van der Waals surface area (Å²) in [5.41, 5.74) is 2.07. The SMILES string of the molecule is CCc1nc(-c2cc(C)n(C(C)C)n2)n(CC)n1. The highest BCUT2D eigenvalue weighted by Gasteiger charge is 2.15. The van der Waals surface area contributed by atoms with Gasteiger partial charge < -0.3 is 0 Å². The smallest absolute Gasteiger partial charge is 0.178 e. The van der Waals surface area contributed by atoms with Crippen molar-refractivity contribution >= 4 is 0 Å². The molecule has 0 aliphatic carbocycles. The van der Waals surface area contributed by atoms with Gasteiger partial charge >= 0.3 is 0 Å². The van der Waals surface area contributed by atoms with E-state index >= 15 is 0 Å². The molecule has 0 amide bonds. The Labute approximate surface area is 108 Å². The molecule has 5 nitrogen and oxygen atoms in total. The highest BCUT2D eigenvalue weighted by Crippen LogP contribution is 2.19. The summed E-state index contributed by atoms with van der Waals surface area (Å²) in [7, 11) is 0. The van der Waals surface area contributed by atoms with E-state index in [0.717, 1.165) is 36.0 Å².